The lowest BCUT2D eigenvalue weighted by atomic mass is 9.98. The number of aliphatic hydroxyl groups excluding tert-OH is 2. The summed E-state index contributed by atoms with van der Waals surface area (Å²) in [5.74, 6) is -1.12. The standard InChI is InChI=1S/C24H22FNO5/c25-21-10-9-14(27)11-19(21)23(29)22(28)12-26-24(30)31-13-20-17-7-3-1-5-15(17)16-6-2-4-8-18(16)20/h1-11,20,22-23,27-29H,12-13H2,(H,26,30). The minimum atomic E-state index is -1.62. The second-order valence-electron chi connectivity index (χ2n) is 7.42. The van der Waals surface area contributed by atoms with E-state index < -0.39 is 24.1 Å². The molecule has 160 valence electrons. The smallest absolute Gasteiger partial charge is 0.407 e. The average molecular weight is 423 g/mol. The zero-order chi connectivity index (χ0) is 22.0. The van der Waals surface area contributed by atoms with Crippen molar-refractivity contribution in [3.8, 4) is 16.9 Å². The van der Waals surface area contributed by atoms with E-state index >= 15 is 0 Å². The molecular weight excluding hydrogens is 401 g/mol. The molecule has 6 nitrogen and oxygen atoms in total. The number of rotatable bonds is 6. The molecule has 3 aromatic carbocycles. The summed E-state index contributed by atoms with van der Waals surface area (Å²) >= 11 is 0. The van der Waals surface area contributed by atoms with Gasteiger partial charge in [-0.2, -0.15) is 0 Å². The highest BCUT2D eigenvalue weighted by molar-refractivity contribution is 5.79. The van der Waals surface area contributed by atoms with Gasteiger partial charge in [-0.25, -0.2) is 9.18 Å². The van der Waals surface area contributed by atoms with Crippen LogP contribution in [0.4, 0.5) is 9.18 Å². The third-order valence-electron chi connectivity index (χ3n) is 5.46. The molecule has 2 atom stereocenters. The van der Waals surface area contributed by atoms with Gasteiger partial charge in [-0.05, 0) is 40.5 Å². The molecule has 2 unspecified atom stereocenters. The maximum absolute atomic E-state index is 13.8. The first-order valence-corrected chi connectivity index (χ1v) is 9.89. The molecule has 0 aliphatic heterocycles. The SMILES string of the molecule is O=C(NCC(O)C(O)c1cc(O)ccc1F)OCC1c2ccccc2-c2ccccc21. The Hall–Kier alpha value is -3.42. The van der Waals surface area contributed by atoms with E-state index in [1.165, 1.54) is 0 Å². The summed E-state index contributed by atoms with van der Waals surface area (Å²) in [6.07, 6.45) is -3.87. The van der Waals surface area contributed by atoms with Gasteiger partial charge in [0.05, 0.1) is 0 Å². The number of halogens is 1. The summed E-state index contributed by atoms with van der Waals surface area (Å²) in [5, 5.41) is 32.1. The Bertz CT molecular complexity index is 1060. The second-order valence-corrected chi connectivity index (χ2v) is 7.42. The Morgan fingerprint density at radius 1 is 1.00 bits per heavy atom. The average Bonchev–Trinajstić information content (AvgIpc) is 3.11. The van der Waals surface area contributed by atoms with Crippen molar-refractivity contribution in [1.29, 1.82) is 0 Å². The molecule has 1 amide bonds. The Kier molecular flexibility index (Phi) is 5.88. The van der Waals surface area contributed by atoms with Crippen LogP contribution in [-0.2, 0) is 4.74 Å². The third kappa shape index (κ3) is 4.23. The highest BCUT2D eigenvalue weighted by atomic mass is 19.1. The first-order valence-electron chi connectivity index (χ1n) is 9.89. The van der Waals surface area contributed by atoms with Crippen LogP contribution in [0.1, 0.15) is 28.7 Å². The topological polar surface area (TPSA) is 99.0 Å². The van der Waals surface area contributed by atoms with Gasteiger partial charge in [0.15, 0.2) is 0 Å². The van der Waals surface area contributed by atoms with E-state index in [2.05, 4.69) is 5.32 Å². The van der Waals surface area contributed by atoms with Crippen LogP contribution in [0.3, 0.4) is 0 Å². The van der Waals surface area contributed by atoms with Crippen molar-refractivity contribution in [2.24, 2.45) is 0 Å². The Labute approximate surface area is 178 Å². The van der Waals surface area contributed by atoms with Crippen LogP contribution in [0, 0.1) is 5.82 Å². The largest absolute Gasteiger partial charge is 0.508 e. The molecule has 0 saturated carbocycles. The fourth-order valence-electron chi connectivity index (χ4n) is 3.91. The van der Waals surface area contributed by atoms with Gasteiger partial charge in [0.25, 0.3) is 0 Å². The number of hydrogen-bond acceptors (Lipinski definition) is 5. The minimum Gasteiger partial charge on any atom is -0.508 e. The highest BCUT2D eigenvalue weighted by Crippen LogP contribution is 2.44. The van der Waals surface area contributed by atoms with Crippen molar-refractivity contribution in [3.05, 3.63) is 89.2 Å². The molecule has 31 heavy (non-hydrogen) atoms. The summed E-state index contributed by atoms with van der Waals surface area (Å²) in [6.45, 7) is -0.243. The number of carbonyl (C=O) groups is 1. The van der Waals surface area contributed by atoms with E-state index in [1.807, 2.05) is 48.5 Å². The summed E-state index contributed by atoms with van der Waals surface area (Å²) in [4.78, 5) is 12.2. The molecule has 0 bridgehead atoms. The van der Waals surface area contributed by atoms with Gasteiger partial charge in [-0.3, -0.25) is 0 Å². The van der Waals surface area contributed by atoms with E-state index in [9.17, 15) is 24.5 Å². The molecule has 0 spiro atoms. The van der Waals surface area contributed by atoms with Gasteiger partial charge < -0.3 is 25.4 Å². The van der Waals surface area contributed by atoms with Crippen LogP contribution in [0.15, 0.2) is 66.7 Å². The zero-order valence-corrected chi connectivity index (χ0v) is 16.5. The first-order chi connectivity index (χ1) is 15.0. The normalized spacial score (nSPS) is 14.4. The molecular formula is C24H22FNO5. The number of ether oxygens (including phenoxy) is 1. The summed E-state index contributed by atoms with van der Waals surface area (Å²) in [6, 6.07) is 19.0. The summed E-state index contributed by atoms with van der Waals surface area (Å²) in [7, 11) is 0. The lowest BCUT2D eigenvalue weighted by Crippen LogP contribution is -2.36. The monoisotopic (exact) mass is 423 g/mol. The third-order valence-corrected chi connectivity index (χ3v) is 5.46. The predicted molar refractivity (Wildman–Crippen MR) is 112 cm³/mol. The Morgan fingerprint density at radius 3 is 2.26 bits per heavy atom. The van der Waals surface area contributed by atoms with Gasteiger partial charge in [0, 0.05) is 18.0 Å². The van der Waals surface area contributed by atoms with Gasteiger partial charge in [-0.15, -0.1) is 0 Å². The Balaban J connectivity index is 1.35. The number of nitrogens with one attached hydrogen (secondary N) is 1. The molecule has 4 N–H and O–H groups in total. The molecule has 0 aromatic heterocycles. The fraction of sp³-hybridized carbons (Fsp3) is 0.208. The molecule has 0 saturated heterocycles. The van der Waals surface area contributed by atoms with Gasteiger partial charge in [0.1, 0.15) is 30.4 Å². The molecule has 0 fully saturated rings. The van der Waals surface area contributed by atoms with Crippen molar-refractivity contribution >= 4 is 6.09 Å². The van der Waals surface area contributed by atoms with Crippen LogP contribution in [-0.4, -0.2) is 40.7 Å². The molecule has 4 rings (SSSR count). The van der Waals surface area contributed by atoms with Crippen molar-refractivity contribution < 1.29 is 29.2 Å². The predicted octanol–water partition coefficient (Wildman–Crippen LogP) is 3.46. The molecule has 1 aliphatic rings. The van der Waals surface area contributed by atoms with Crippen LogP contribution < -0.4 is 5.32 Å². The van der Waals surface area contributed by atoms with E-state index in [0.717, 1.165) is 40.5 Å². The van der Waals surface area contributed by atoms with Crippen LogP contribution in [0.5, 0.6) is 5.75 Å². The number of hydrogen-bond donors (Lipinski definition) is 4. The number of benzene rings is 3. The highest BCUT2D eigenvalue weighted by Gasteiger charge is 2.29. The van der Waals surface area contributed by atoms with Gasteiger partial charge in [0.2, 0.25) is 0 Å². The number of fused-ring (bicyclic) bond motifs is 3. The number of phenolic OH excluding ortho intramolecular Hbond substituents is 1. The molecule has 1 aliphatic carbocycles. The Morgan fingerprint density at radius 2 is 1.61 bits per heavy atom. The van der Waals surface area contributed by atoms with Gasteiger partial charge in [-0.1, -0.05) is 48.5 Å². The van der Waals surface area contributed by atoms with Crippen LogP contribution in [0.2, 0.25) is 0 Å². The lowest BCUT2D eigenvalue weighted by molar-refractivity contribution is 0.0164. The molecule has 7 heteroatoms. The summed E-state index contributed by atoms with van der Waals surface area (Å²) < 4.78 is 19.2. The van der Waals surface area contributed by atoms with E-state index in [-0.39, 0.29) is 30.4 Å². The van der Waals surface area contributed by atoms with Crippen LogP contribution >= 0.6 is 0 Å². The van der Waals surface area contributed by atoms with E-state index in [0.29, 0.717) is 0 Å². The lowest BCUT2D eigenvalue weighted by Gasteiger charge is -2.20. The fourth-order valence-corrected chi connectivity index (χ4v) is 3.91. The number of aliphatic hydroxyl groups is 2. The van der Waals surface area contributed by atoms with Crippen molar-refractivity contribution in [1.82, 2.24) is 5.32 Å². The minimum absolute atomic E-state index is 0.102. The van der Waals surface area contributed by atoms with Crippen molar-refractivity contribution in [2.45, 2.75) is 18.1 Å². The van der Waals surface area contributed by atoms with Crippen LogP contribution in [0.25, 0.3) is 11.1 Å². The molecule has 0 heterocycles. The first kappa shape index (κ1) is 20.8. The number of amides is 1. The zero-order valence-electron chi connectivity index (χ0n) is 16.5. The summed E-state index contributed by atoms with van der Waals surface area (Å²) in [5.41, 5.74) is 4.11. The maximum atomic E-state index is 13.8. The number of carbonyl (C=O) groups excluding carboxylic acids is 1. The quantitative estimate of drug-likeness (QED) is 0.487. The number of phenols is 1. The molecule has 0 radical (unpaired) electrons. The van der Waals surface area contributed by atoms with Crippen molar-refractivity contribution in [2.75, 3.05) is 13.2 Å². The maximum Gasteiger partial charge on any atom is 0.407 e. The second kappa shape index (κ2) is 8.75. The number of alkyl carbamates (subject to hydrolysis) is 1. The van der Waals surface area contributed by atoms with E-state index in [4.69, 9.17) is 4.74 Å². The van der Waals surface area contributed by atoms with Crippen molar-refractivity contribution in [3.63, 3.8) is 0 Å². The number of aromatic hydroxyl groups is 1. The van der Waals surface area contributed by atoms with E-state index in [1.54, 1.807) is 0 Å². The molecule has 3 aromatic rings. The van der Waals surface area contributed by atoms with Gasteiger partial charge >= 0.3 is 6.09 Å².